The van der Waals surface area contributed by atoms with E-state index in [0.29, 0.717) is 18.8 Å². The van der Waals surface area contributed by atoms with E-state index in [1.165, 1.54) is 0 Å². The van der Waals surface area contributed by atoms with Crippen molar-refractivity contribution in [3.8, 4) is 0 Å². The van der Waals surface area contributed by atoms with Gasteiger partial charge in [0.25, 0.3) is 0 Å². The fourth-order valence-corrected chi connectivity index (χ4v) is 2.28. The quantitative estimate of drug-likeness (QED) is 0.507. The number of carbonyl (C=O) groups excluding carboxylic acids is 1. The SMILES string of the molecule is CC1(C)OC[C@@H](/C=C2\CCCCCC2=O)O1. The van der Waals surface area contributed by atoms with Gasteiger partial charge in [-0.15, -0.1) is 0 Å². The smallest absolute Gasteiger partial charge is 0.163 e. The Bertz CT molecular complexity index is 304. The van der Waals surface area contributed by atoms with Crippen LogP contribution in [0.4, 0.5) is 0 Å². The minimum absolute atomic E-state index is 0.0490. The summed E-state index contributed by atoms with van der Waals surface area (Å²) in [7, 11) is 0. The average molecular weight is 224 g/mol. The van der Waals surface area contributed by atoms with Crippen molar-refractivity contribution < 1.29 is 14.3 Å². The normalized spacial score (nSPS) is 33.0. The van der Waals surface area contributed by atoms with Crippen LogP contribution in [0.1, 0.15) is 46.0 Å². The van der Waals surface area contributed by atoms with Crippen LogP contribution in [-0.2, 0) is 14.3 Å². The van der Waals surface area contributed by atoms with E-state index in [1.54, 1.807) is 0 Å². The first-order chi connectivity index (χ1) is 7.57. The summed E-state index contributed by atoms with van der Waals surface area (Å²) < 4.78 is 11.2. The first-order valence-corrected chi connectivity index (χ1v) is 6.12. The molecule has 0 amide bonds. The molecule has 0 aromatic carbocycles. The molecule has 0 unspecified atom stereocenters. The van der Waals surface area contributed by atoms with E-state index in [2.05, 4.69) is 0 Å². The molecule has 0 radical (unpaired) electrons. The molecule has 2 rings (SSSR count). The van der Waals surface area contributed by atoms with Crippen LogP contribution in [0.15, 0.2) is 11.6 Å². The van der Waals surface area contributed by atoms with E-state index < -0.39 is 5.79 Å². The topological polar surface area (TPSA) is 35.5 Å². The summed E-state index contributed by atoms with van der Waals surface area (Å²) in [6.07, 6.45) is 6.84. The predicted octanol–water partition coefficient (Wildman–Crippen LogP) is 2.60. The van der Waals surface area contributed by atoms with Crippen molar-refractivity contribution in [1.29, 1.82) is 0 Å². The summed E-state index contributed by atoms with van der Waals surface area (Å²) in [5.74, 6) is -0.207. The third kappa shape index (κ3) is 2.92. The Morgan fingerprint density at radius 2 is 2.00 bits per heavy atom. The van der Waals surface area contributed by atoms with Crippen LogP contribution in [0.5, 0.6) is 0 Å². The molecule has 1 heterocycles. The van der Waals surface area contributed by atoms with Crippen molar-refractivity contribution in [2.45, 2.75) is 57.8 Å². The summed E-state index contributed by atoms with van der Waals surface area (Å²) in [6, 6.07) is 0. The Morgan fingerprint density at radius 1 is 1.25 bits per heavy atom. The molecule has 2 aliphatic rings. The maximum absolute atomic E-state index is 11.8. The van der Waals surface area contributed by atoms with Crippen LogP contribution in [-0.4, -0.2) is 24.3 Å². The minimum Gasteiger partial charge on any atom is -0.347 e. The molecule has 0 N–H and O–H groups in total. The molecule has 3 heteroatoms. The molecule has 0 aromatic rings. The lowest BCUT2D eigenvalue weighted by molar-refractivity contribution is -0.133. The zero-order chi connectivity index (χ0) is 11.6. The Hall–Kier alpha value is -0.670. The molecule has 0 aromatic heterocycles. The molecule has 1 saturated heterocycles. The van der Waals surface area contributed by atoms with Gasteiger partial charge < -0.3 is 9.47 Å². The van der Waals surface area contributed by atoms with Gasteiger partial charge in [0, 0.05) is 6.42 Å². The monoisotopic (exact) mass is 224 g/mol. The predicted molar refractivity (Wildman–Crippen MR) is 61.1 cm³/mol. The van der Waals surface area contributed by atoms with Crippen molar-refractivity contribution in [2.24, 2.45) is 0 Å². The van der Waals surface area contributed by atoms with E-state index in [-0.39, 0.29) is 6.10 Å². The zero-order valence-corrected chi connectivity index (χ0v) is 10.1. The molecule has 2 fully saturated rings. The van der Waals surface area contributed by atoms with Crippen LogP contribution in [0.2, 0.25) is 0 Å². The summed E-state index contributed by atoms with van der Waals surface area (Å²) in [6.45, 7) is 4.37. The third-order valence-corrected chi connectivity index (χ3v) is 3.13. The van der Waals surface area contributed by atoms with Crippen LogP contribution in [0.3, 0.4) is 0 Å². The van der Waals surface area contributed by atoms with Crippen molar-refractivity contribution in [2.75, 3.05) is 6.61 Å². The Morgan fingerprint density at radius 3 is 2.69 bits per heavy atom. The van der Waals surface area contributed by atoms with E-state index in [0.717, 1.165) is 31.3 Å². The van der Waals surface area contributed by atoms with E-state index >= 15 is 0 Å². The standard InChI is InChI=1S/C13H20O3/c1-13(2)15-9-11(16-13)8-10-6-4-3-5-7-12(10)14/h8,11H,3-7,9H2,1-2H3/b10-8+/t11-/m1/s1. The molecule has 0 spiro atoms. The molecule has 1 atom stereocenters. The molecule has 1 saturated carbocycles. The highest BCUT2D eigenvalue weighted by Gasteiger charge is 2.32. The second-order valence-corrected chi connectivity index (χ2v) is 5.04. The van der Waals surface area contributed by atoms with Crippen molar-refractivity contribution in [3.05, 3.63) is 11.6 Å². The highest BCUT2D eigenvalue weighted by Crippen LogP contribution is 2.26. The van der Waals surface area contributed by atoms with Crippen molar-refractivity contribution in [3.63, 3.8) is 0 Å². The molecular weight excluding hydrogens is 204 g/mol. The second kappa shape index (κ2) is 4.68. The molecule has 1 aliphatic carbocycles. The minimum atomic E-state index is -0.504. The maximum atomic E-state index is 11.8. The molecule has 3 nitrogen and oxygen atoms in total. The number of hydrogen-bond donors (Lipinski definition) is 0. The van der Waals surface area contributed by atoms with Gasteiger partial charge in [0.15, 0.2) is 11.6 Å². The third-order valence-electron chi connectivity index (χ3n) is 3.13. The summed E-state index contributed by atoms with van der Waals surface area (Å²) >= 11 is 0. The highest BCUT2D eigenvalue weighted by atomic mass is 16.7. The van der Waals surface area contributed by atoms with Gasteiger partial charge in [-0.3, -0.25) is 4.79 Å². The van der Waals surface area contributed by atoms with Gasteiger partial charge in [0.05, 0.1) is 6.61 Å². The van der Waals surface area contributed by atoms with Gasteiger partial charge in [0.2, 0.25) is 0 Å². The van der Waals surface area contributed by atoms with Gasteiger partial charge in [-0.2, -0.15) is 0 Å². The van der Waals surface area contributed by atoms with E-state index in [9.17, 15) is 4.79 Å². The summed E-state index contributed by atoms with van der Waals surface area (Å²) in [5.41, 5.74) is 0.948. The summed E-state index contributed by atoms with van der Waals surface area (Å²) in [5, 5.41) is 0. The molecule has 0 bridgehead atoms. The Kier molecular flexibility index (Phi) is 3.45. The number of hydrogen-bond acceptors (Lipinski definition) is 3. The number of ether oxygens (including phenoxy) is 2. The average Bonchev–Trinajstić information content (AvgIpc) is 2.41. The number of ketones is 1. The van der Waals surface area contributed by atoms with Crippen LogP contribution in [0.25, 0.3) is 0 Å². The summed E-state index contributed by atoms with van der Waals surface area (Å²) in [4.78, 5) is 11.8. The highest BCUT2D eigenvalue weighted by molar-refractivity contribution is 5.95. The van der Waals surface area contributed by atoms with Crippen LogP contribution >= 0.6 is 0 Å². The van der Waals surface area contributed by atoms with Gasteiger partial charge in [-0.25, -0.2) is 0 Å². The lowest BCUT2D eigenvalue weighted by atomic mass is 10.0. The zero-order valence-electron chi connectivity index (χ0n) is 10.1. The first kappa shape index (κ1) is 11.8. The Labute approximate surface area is 96.8 Å². The van der Waals surface area contributed by atoms with Gasteiger partial charge in [-0.05, 0) is 44.8 Å². The number of carbonyl (C=O) groups is 1. The van der Waals surface area contributed by atoms with E-state index in [1.807, 2.05) is 19.9 Å². The second-order valence-electron chi connectivity index (χ2n) is 5.04. The van der Waals surface area contributed by atoms with E-state index in [4.69, 9.17) is 9.47 Å². The number of allylic oxidation sites excluding steroid dienone is 1. The molecule has 90 valence electrons. The largest absolute Gasteiger partial charge is 0.347 e. The van der Waals surface area contributed by atoms with Gasteiger partial charge in [-0.1, -0.05) is 6.42 Å². The fraction of sp³-hybridized carbons (Fsp3) is 0.769. The lowest BCUT2D eigenvalue weighted by Crippen LogP contribution is -2.21. The van der Waals surface area contributed by atoms with Gasteiger partial charge in [0.1, 0.15) is 6.10 Å². The van der Waals surface area contributed by atoms with Crippen LogP contribution < -0.4 is 0 Å². The lowest BCUT2D eigenvalue weighted by Gasteiger charge is -2.16. The molecular formula is C13H20O3. The Balaban J connectivity index is 2.02. The first-order valence-electron chi connectivity index (χ1n) is 6.12. The maximum Gasteiger partial charge on any atom is 0.163 e. The fourth-order valence-electron chi connectivity index (χ4n) is 2.28. The van der Waals surface area contributed by atoms with Crippen molar-refractivity contribution >= 4 is 5.78 Å². The van der Waals surface area contributed by atoms with Gasteiger partial charge >= 0.3 is 0 Å². The number of rotatable bonds is 1. The van der Waals surface area contributed by atoms with Crippen LogP contribution in [0, 0.1) is 0 Å². The molecule has 1 aliphatic heterocycles. The number of Topliss-reactive ketones (excluding diaryl/α,β-unsaturated/α-hetero) is 1. The molecule has 16 heavy (non-hydrogen) atoms. The van der Waals surface area contributed by atoms with Crippen molar-refractivity contribution in [1.82, 2.24) is 0 Å².